The summed E-state index contributed by atoms with van der Waals surface area (Å²) in [5.41, 5.74) is 0.264. The van der Waals surface area contributed by atoms with Crippen LogP contribution in [0.5, 0.6) is 0 Å². The summed E-state index contributed by atoms with van der Waals surface area (Å²) in [6.45, 7) is 5.06. The van der Waals surface area contributed by atoms with Crippen molar-refractivity contribution in [1.82, 2.24) is 10.6 Å². The summed E-state index contributed by atoms with van der Waals surface area (Å²) < 4.78 is 11.3. The van der Waals surface area contributed by atoms with Crippen LogP contribution in [0.25, 0.3) is 0 Å². The van der Waals surface area contributed by atoms with Crippen molar-refractivity contribution in [3.63, 3.8) is 0 Å². The lowest BCUT2D eigenvalue weighted by Gasteiger charge is -2.30. The Morgan fingerprint density at radius 1 is 1.06 bits per heavy atom. The van der Waals surface area contributed by atoms with Crippen LogP contribution in [0.1, 0.15) is 78.6 Å². The number of carbonyl (C=O) groups excluding carboxylic acids is 5. The number of hydrogen-bond donors (Lipinski definition) is 4. The lowest BCUT2D eigenvalue weighted by molar-refractivity contribution is -0.155. The lowest BCUT2D eigenvalue weighted by Crippen LogP contribution is -2.45. The number of Topliss-reactive ketones (excluding diaryl/α,β-unsaturated/α-hetero) is 1. The number of aliphatic hydroxyl groups excluding tert-OH is 2. The van der Waals surface area contributed by atoms with Gasteiger partial charge in [0.1, 0.15) is 17.9 Å². The van der Waals surface area contributed by atoms with Crippen molar-refractivity contribution in [2.75, 3.05) is 7.11 Å². The SMILES string of the molecule is CO[C@H]1/C=C/C=C\C=C\C[C@@H](O)[C@H](C)[C@@H](OC(=O)[C@H](C)NC(=O)C2CCCCC2)/C(C)=C\CCC2=C(O)C(=CC(=O)C2=O)NC(=O)C1. The molecule has 2 amide bonds. The summed E-state index contributed by atoms with van der Waals surface area (Å²) in [5, 5.41) is 27.2. The van der Waals surface area contributed by atoms with E-state index in [-0.39, 0.29) is 48.8 Å². The van der Waals surface area contributed by atoms with Gasteiger partial charge in [-0.3, -0.25) is 19.2 Å². The van der Waals surface area contributed by atoms with Crippen molar-refractivity contribution in [1.29, 1.82) is 0 Å². The molecule has 1 saturated carbocycles. The summed E-state index contributed by atoms with van der Waals surface area (Å²) in [7, 11) is 1.45. The summed E-state index contributed by atoms with van der Waals surface area (Å²) in [4.78, 5) is 63.9. The van der Waals surface area contributed by atoms with E-state index in [0.717, 1.165) is 38.2 Å². The molecule has 2 bridgehead atoms. The summed E-state index contributed by atoms with van der Waals surface area (Å²) in [5.74, 6) is -4.27. The van der Waals surface area contributed by atoms with E-state index in [4.69, 9.17) is 9.47 Å². The second kappa shape index (κ2) is 18.3. The van der Waals surface area contributed by atoms with Gasteiger partial charge in [-0.15, -0.1) is 0 Å². The van der Waals surface area contributed by atoms with Gasteiger partial charge in [-0.2, -0.15) is 0 Å². The van der Waals surface area contributed by atoms with E-state index in [9.17, 15) is 34.2 Å². The average Bonchev–Trinajstić information content (AvgIpc) is 3.05. The van der Waals surface area contributed by atoms with Crippen LogP contribution in [0.2, 0.25) is 0 Å². The van der Waals surface area contributed by atoms with Gasteiger partial charge in [0.25, 0.3) is 0 Å². The molecular formula is C36H48N2O9. The topological polar surface area (TPSA) is 168 Å². The Balaban J connectivity index is 1.87. The smallest absolute Gasteiger partial charge is 0.328 e. The molecule has 1 fully saturated rings. The third kappa shape index (κ3) is 11.0. The molecule has 11 nitrogen and oxygen atoms in total. The number of ketones is 2. The summed E-state index contributed by atoms with van der Waals surface area (Å²) in [6.07, 6.45) is 15.6. The van der Waals surface area contributed by atoms with Crippen LogP contribution in [-0.4, -0.2) is 71.0 Å². The molecule has 1 aliphatic heterocycles. The highest BCUT2D eigenvalue weighted by Gasteiger charge is 2.33. The van der Waals surface area contributed by atoms with E-state index in [0.29, 0.717) is 5.57 Å². The predicted octanol–water partition coefficient (Wildman–Crippen LogP) is 4.15. The zero-order chi connectivity index (χ0) is 34.5. The molecule has 0 saturated heterocycles. The first-order valence-corrected chi connectivity index (χ1v) is 16.3. The molecule has 0 aromatic rings. The van der Waals surface area contributed by atoms with E-state index in [2.05, 4.69) is 10.6 Å². The normalized spacial score (nSPS) is 29.6. The summed E-state index contributed by atoms with van der Waals surface area (Å²) in [6, 6.07) is -0.907. The Hall–Kier alpha value is -4.09. The van der Waals surface area contributed by atoms with E-state index in [1.54, 1.807) is 63.3 Å². The maximum absolute atomic E-state index is 13.2. The van der Waals surface area contributed by atoms with Gasteiger partial charge < -0.3 is 30.3 Å². The summed E-state index contributed by atoms with van der Waals surface area (Å²) >= 11 is 0. The van der Waals surface area contributed by atoms with Gasteiger partial charge in [-0.05, 0) is 51.5 Å². The fraction of sp³-hybridized carbons (Fsp3) is 0.528. The van der Waals surface area contributed by atoms with Crippen molar-refractivity contribution >= 4 is 29.4 Å². The number of fused-ring (bicyclic) bond motifs is 1. The Kier molecular flexibility index (Phi) is 14.6. The number of hydrogen-bond acceptors (Lipinski definition) is 9. The highest BCUT2D eigenvalue weighted by molar-refractivity contribution is 6.48. The van der Waals surface area contributed by atoms with Crippen molar-refractivity contribution in [3.8, 4) is 0 Å². The van der Waals surface area contributed by atoms with Gasteiger partial charge in [0, 0.05) is 30.6 Å². The molecule has 1 heterocycles. The van der Waals surface area contributed by atoms with E-state index in [1.165, 1.54) is 7.11 Å². The molecular weight excluding hydrogens is 604 g/mol. The van der Waals surface area contributed by atoms with Gasteiger partial charge in [0.15, 0.2) is 0 Å². The first kappa shape index (κ1) is 37.4. The molecule has 0 spiro atoms. The van der Waals surface area contributed by atoms with Crippen LogP contribution in [0, 0.1) is 11.8 Å². The minimum absolute atomic E-state index is 0.0375. The maximum Gasteiger partial charge on any atom is 0.328 e. The van der Waals surface area contributed by atoms with Crippen LogP contribution in [-0.2, 0) is 33.4 Å². The number of methoxy groups -OCH3 is 1. The minimum atomic E-state index is -0.907. The van der Waals surface area contributed by atoms with Crippen LogP contribution in [0.15, 0.2) is 71.2 Å². The van der Waals surface area contributed by atoms with E-state index in [1.807, 2.05) is 0 Å². The molecule has 47 heavy (non-hydrogen) atoms. The van der Waals surface area contributed by atoms with E-state index >= 15 is 0 Å². The first-order chi connectivity index (χ1) is 22.4. The minimum Gasteiger partial charge on any atom is -0.505 e. The van der Waals surface area contributed by atoms with Crippen molar-refractivity contribution in [2.45, 2.75) is 103 Å². The number of nitrogens with one attached hydrogen (secondary N) is 2. The third-order valence-corrected chi connectivity index (χ3v) is 8.78. The van der Waals surface area contributed by atoms with Crippen LogP contribution >= 0.6 is 0 Å². The molecule has 3 aliphatic rings. The number of carbonyl (C=O) groups is 5. The number of esters is 1. The largest absolute Gasteiger partial charge is 0.505 e. The van der Waals surface area contributed by atoms with Crippen LogP contribution in [0.3, 0.4) is 0 Å². The van der Waals surface area contributed by atoms with Crippen LogP contribution < -0.4 is 10.6 Å². The van der Waals surface area contributed by atoms with Crippen molar-refractivity contribution < 1.29 is 43.7 Å². The first-order valence-electron chi connectivity index (χ1n) is 16.3. The van der Waals surface area contributed by atoms with E-state index < -0.39 is 59.5 Å². The van der Waals surface area contributed by atoms with Gasteiger partial charge in [-0.1, -0.05) is 68.7 Å². The fourth-order valence-electron chi connectivity index (χ4n) is 5.81. The molecule has 2 aliphatic carbocycles. The molecule has 0 aromatic carbocycles. The van der Waals surface area contributed by atoms with Crippen LogP contribution in [0.4, 0.5) is 0 Å². The molecule has 256 valence electrons. The quantitative estimate of drug-likeness (QED) is 0.148. The Morgan fingerprint density at radius 2 is 1.77 bits per heavy atom. The van der Waals surface area contributed by atoms with Gasteiger partial charge >= 0.3 is 5.97 Å². The molecule has 11 heteroatoms. The molecule has 0 aromatic heterocycles. The highest BCUT2D eigenvalue weighted by Crippen LogP contribution is 2.27. The number of allylic oxidation sites excluding steroid dienone is 7. The van der Waals surface area contributed by atoms with Gasteiger partial charge in [-0.25, -0.2) is 4.79 Å². The zero-order valence-electron chi connectivity index (χ0n) is 27.7. The average molecular weight is 653 g/mol. The van der Waals surface area contributed by atoms with Gasteiger partial charge in [0.2, 0.25) is 23.4 Å². The highest BCUT2D eigenvalue weighted by atomic mass is 16.5. The Labute approximate surface area is 276 Å². The molecule has 0 unspecified atom stereocenters. The molecule has 4 N–H and O–H groups in total. The molecule has 3 rings (SSSR count). The Bertz CT molecular complexity index is 1360. The monoisotopic (exact) mass is 652 g/mol. The second-order valence-corrected chi connectivity index (χ2v) is 12.4. The molecule has 0 radical (unpaired) electrons. The second-order valence-electron chi connectivity index (χ2n) is 12.4. The predicted molar refractivity (Wildman–Crippen MR) is 176 cm³/mol. The Morgan fingerprint density at radius 3 is 2.47 bits per heavy atom. The lowest BCUT2D eigenvalue weighted by atomic mass is 9.88. The fourth-order valence-corrected chi connectivity index (χ4v) is 5.81. The zero-order valence-corrected chi connectivity index (χ0v) is 27.7. The third-order valence-electron chi connectivity index (χ3n) is 8.78. The standard InChI is InChI=1S/C36H48N2O9/c1-22-14-13-18-27-32(42)28(21-30(40)33(27)43)38-31(41)20-26(46-4)17-11-6-5-7-12-19-29(39)23(2)34(22)47-36(45)24(3)37-35(44)25-15-9-8-10-16-25/h5-7,11-12,14,17,21,23-26,29,34,39,42H,8-10,13,15-16,18-20H2,1-4H3,(H,37,44)(H,38,41)/b6-5-,12-7+,17-11+,22-14-/t23-,24-,26-,29+,34-/m0/s1. The number of amides is 2. The number of aliphatic hydroxyl groups is 2. The van der Waals surface area contributed by atoms with Gasteiger partial charge in [0.05, 0.1) is 24.3 Å². The number of rotatable bonds is 5. The van der Waals surface area contributed by atoms with Crippen molar-refractivity contribution in [3.05, 3.63) is 71.2 Å². The molecule has 5 atom stereocenters. The van der Waals surface area contributed by atoms with Crippen molar-refractivity contribution in [2.24, 2.45) is 11.8 Å². The number of ether oxygens (including phenoxy) is 2. The maximum atomic E-state index is 13.2.